The Morgan fingerprint density at radius 3 is 2.40 bits per heavy atom. The number of nitriles is 1. The molecule has 6 rings (SSSR count). The van der Waals surface area contributed by atoms with Crippen LogP contribution in [0.2, 0.25) is 0 Å². The third-order valence-corrected chi connectivity index (χ3v) is 9.17. The number of carbonyl (C=O) groups excluding carboxylic acids is 2. The number of rotatable bonds is 7. The molecule has 2 aliphatic rings. The Bertz CT molecular complexity index is 1850. The first-order valence-corrected chi connectivity index (χ1v) is 16.1. The van der Waals surface area contributed by atoms with Gasteiger partial charge in [-0.3, -0.25) is 14.1 Å². The number of para-hydroxylation sites is 1. The number of hydrogen-bond donors (Lipinski definition) is 1. The van der Waals surface area contributed by atoms with Crippen LogP contribution in [0, 0.1) is 11.3 Å². The lowest BCUT2D eigenvalue weighted by molar-refractivity contribution is -0.128. The van der Waals surface area contributed by atoms with Gasteiger partial charge in [0.2, 0.25) is 0 Å². The molecule has 2 aromatic heterocycles. The smallest absolute Gasteiger partial charge is 0.409 e. The van der Waals surface area contributed by atoms with E-state index in [0.29, 0.717) is 62.0 Å². The normalized spacial score (nSPS) is 17.6. The van der Waals surface area contributed by atoms with Gasteiger partial charge in [0, 0.05) is 68.7 Å². The highest BCUT2D eigenvalue weighted by atomic mass is 16.5. The number of piperidine rings is 1. The predicted octanol–water partition coefficient (Wildman–Crippen LogP) is 5.09. The molecule has 0 aliphatic carbocycles. The van der Waals surface area contributed by atoms with Crippen LogP contribution >= 0.6 is 0 Å². The summed E-state index contributed by atoms with van der Waals surface area (Å²) in [5.74, 6) is 2.24. The maximum atomic E-state index is 13.8. The van der Waals surface area contributed by atoms with Gasteiger partial charge in [-0.1, -0.05) is 18.2 Å². The molecule has 2 aromatic carbocycles. The minimum atomic E-state index is -0.571. The van der Waals surface area contributed by atoms with Crippen LogP contribution in [0.25, 0.3) is 16.8 Å². The molecular formula is C36H40N8O4. The summed E-state index contributed by atoms with van der Waals surface area (Å²) in [5.41, 5.74) is 8.24. The molecule has 48 heavy (non-hydrogen) atoms. The first-order chi connectivity index (χ1) is 23.2. The second kappa shape index (κ2) is 13.8. The van der Waals surface area contributed by atoms with Gasteiger partial charge in [0.05, 0.1) is 7.11 Å². The fourth-order valence-corrected chi connectivity index (χ4v) is 6.61. The summed E-state index contributed by atoms with van der Waals surface area (Å²) in [5, 5.41) is 10.1. The Morgan fingerprint density at radius 1 is 1.00 bits per heavy atom. The minimum absolute atomic E-state index is 0.0780. The molecule has 2 fully saturated rings. The highest BCUT2D eigenvalue weighted by Crippen LogP contribution is 2.35. The van der Waals surface area contributed by atoms with Crippen LogP contribution in [-0.4, -0.2) is 93.0 Å². The number of likely N-dealkylation sites (tertiary alicyclic amines) is 1. The van der Waals surface area contributed by atoms with E-state index in [1.54, 1.807) is 22.1 Å². The lowest BCUT2D eigenvalue weighted by Crippen LogP contribution is -2.55. The first-order valence-electron chi connectivity index (χ1n) is 16.1. The number of hydrogen-bond acceptors (Lipinski definition) is 9. The molecule has 0 bridgehead atoms. The van der Waals surface area contributed by atoms with Gasteiger partial charge in [0.15, 0.2) is 0 Å². The Balaban J connectivity index is 1.21. The largest absolute Gasteiger partial charge is 0.457 e. The fourth-order valence-electron chi connectivity index (χ4n) is 6.61. The van der Waals surface area contributed by atoms with Gasteiger partial charge in [0.1, 0.15) is 46.0 Å². The van der Waals surface area contributed by atoms with E-state index in [0.717, 1.165) is 30.0 Å². The number of benzene rings is 2. The molecule has 2 saturated heterocycles. The van der Waals surface area contributed by atoms with Crippen molar-refractivity contribution in [1.29, 1.82) is 5.26 Å². The number of methoxy groups -OCH3 is 1. The molecular weight excluding hydrogens is 608 g/mol. The monoisotopic (exact) mass is 648 g/mol. The highest BCUT2D eigenvalue weighted by Gasteiger charge is 2.34. The molecule has 248 valence electrons. The van der Waals surface area contributed by atoms with Crippen molar-refractivity contribution >= 4 is 23.3 Å². The van der Waals surface area contributed by atoms with Crippen molar-refractivity contribution in [2.24, 2.45) is 0 Å². The van der Waals surface area contributed by atoms with Gasteiger partial charge in [-0.15, -0.1) is 0 Å². The molecule has 2 N–H and O–H groups in total. The SMILES string of the molecule is COC(=O)N1CCN(C(C)(C)/C=C(/C#N)C(=O)N2CCC[C@@H](c3nc(-c4ccc(Oc5ccccc5)cc4)c4c(N)nccn34)C2)CC1. The lowest BCUT2D eigenvalue weighted by atomic mass is 9.94. The van der Waals surface area contributed by atoms with Crippen molar-refractivity contribution in [1.82, 2.24) is 29.1 Å². The topological polar surface area (TPSA) is 142 Å². The zero-order valence-corrected chi connectivity index (χ0v) is 27.5. The summed E-state index contributed by atoms with van der Waals surface area (Å²) in [7, 11) is 1.37. The average molecular weight is 649 g/mol. The van der Waals surface area contributed by atoms with E-state index < -0.39 is 5.54 Å². The molecule has 4 heterocycles. The van der Waals surface area contributed by atoms with Gasteiger partial charge in [-0.25, -0.2) is 14.8 Å². The molecule has 2 aliphatic heterocycles. The Kier molecular flexibility index (Phi) is 9.32. The Morgan fingerprint density at radius 2 is 1.71 bits per heavy atom. The molecule has 0 saturated carbocycles. The molecule has 12 heteroatoms. The van der Waals surface area contributed by atoms with Gasteiger partial charge in [-0.05, 0) is 69.2 Å². The van der Waals surface area contributed by atoms with E-state index in [2.05, 4.69) is 16.0 Å². The second-order valence-electron chi connectivity index (χ2n) is 12.6. The number of carbonyl (C=O) groups is 2. The molecule has 0 unspecified atom stereocenters. The van der Waals surface area contributed by atoms with Crippen LogP contribution in [0.5, 0.6) is 11.5 Å². The number of fused-ring (bicyclic) bond motifs is 1. The van der Waals surface area contributed by atoms with Crippen LogP contribution in [0.4, 0.5) is 10.6 Å². The van der Waals surface area contributed by atoms with Crippen molar-refractivity contribution in [3.8, 4) is 28.8 Å². The third kappa shape index (κ3) is 6.68. The predicted molar refractivity (Wildman–Crippen MR) is 181 cm³/mol. The van der Waals surface area contributed by atoms with Crippen molar-refractivity contribution < 1.29 is 19.1 Å². The Labute approximate surface area is 280 Å². The van der Waals surface area contributed by atoms with Crippen molar-refractivity contribution in [3.63, 3.8) is 0 Å². The molecule has 0 radical (unpaired) electrons. The number of amides is 2. The van der Waals surface area contributed by atoms with E-state index >= 15 is 0 Å². The fraction of sp³-hybridized carbons (Fsp3) is 0.361. The third-order valence-electron chi connectivity index (χ3n) is 9.17. The lowest BCUT2D eigenvalue weighted by Gasteiger charge is -2.42. The number of nitrogen functional groups attached to an aromatic ring is 1. The zero-order valence-electron chi connectivity index (χ0n) is 27.5. The van der Waals surface area contributed by atoms with E-state index in [1.165, 1.54) is 7.11 Å². The summed E-state index contributed by atoms with van der Waals surface area (Å²) in [6.07, 6.45) is 6.52. The van der Waals surface area contributed by atoms with Gasteiger partial charge in [-0.2, -0.15) is 5.26 Å². The second-order valence-corrected chi connectivity index (χ2v) is 12.6. The summed E-state index contributed by atoms with van der Waals surface area (Å²) in [4.78, 5) is 40.8. The van der Waals surface area contributed by atoms with Crippen molar-refractivity contribution in [2.75, 3.05) is 52.1 Å². The number of aromatic nitrogens is 3. The molecule has 12 nitrogen and oxygen atoms in total. The van der Waals surface area contributed by atoms with Crippen LogP contribution in [0.1, 0.15) is 38.4 Å². The van der Waals surface area contributed by atoms with Crippen molar-refractivity contribution in [3.05, 3.63) is 84.5 Å². The van der Waals surface area contributed by atoms with Crippen molar-refractivity contribution in [2.45, 2.75) is 38.1 Å². The summed E-state index contributed by atoms with van der Waals surface area (Å²) >= 11 is 0. The van der Waals surface area contributed by atoms with Crippen LogP contribution in [0.15, 0.2) is 78.6 Å². The summed E-state index contributed by atoms with van der Waals surface area (Å²) < 4.78 is 12.8. The number of piperazine rings is 1. The standard InChI is InChI=1S/C36H40N8O4/c1-36(2,43-20-18-41(19-21-43)35(46)47-3)22-27(23-37)34(45)42-16-7-8-26(24-42)33-40-30(31-32(38)39-15-17-44(31)33)25-11-13-29(14-12-25)48-28-9-5-4-6-10-28/h4-6,9-15,17,22,26H,7-8,16,18-21,24H2,1-3H3,(H2,38,39)/b27-22-/t26-/m1/s1. The number of nitrogens with two attached hydrogens (primary N) is 1. The maximum absolute atomic E-state index is 13.8. The summed E-state index contributed by atoms with van der Waals surface area (Å²) in [6.45, 7) is 7.18. The van der Waals surface area contributed by atoms with Crippen LogP contribution in [-0.2, 0) is 9.53 Å². The van der Waals surface area contributed by atoms with E-state index in [-0.39, 0.29) is 23.5 Å². The zero-order chi connectivity index (χ0) is 33.8. The molecule has 2 amide bonds. The van der Waals surface area contributed by atoms with Gasteiger partial charge in [0.25, 0.3) is 5.91 Å². The quantitative estimate of drug-likeness (QED) is 0.214. The molecule has 0 spiro atoms. The van der Waals surface area contributed by atoms with Gasteiger partial charge < -0.3 is 25.0 Å². The van der Waals surface area contributed by atoms with Crippen LogP contribution < -0.4 is 10.5 Å². The number of anilines is 1. The highest BCUT2D eigenvalue weighted by molar-refractivity contribution is 5.97. The van der Waals surface area contributed by atoms with Crippen LogP contribution in [0.3, 0.4) is 0 Å². The Hall–Kier alpha value is -5.41. The average Bonchev–Trinajstić information content (AvgIpc) is 3.52. The summed E-state index contributed by atoms with van der Waals surface area (Å²) in [6, 6.07) is 19.5. The van der Waals surface area contributed by atoms with E-state index in [1.807, 2.05) is 79.0 Å². The number of nitrogens with zero attached hydrogens (tertiary/aromatic N) is 7. The minimum Gasteiger partial charge on any atom is -0.457 e. The van der Waals surface area contributed by atoms with Gasteiger partial charge >= 0.3 is 6.09 Å². The van der Waals surface area contributed by atoms with E-state index in [9.17, 15) is 14.9 Å². The number of ether oxygens (including phenoxy) is 2. The first kappa shape index (κ1) is 32.5. The number of imidazole rings is 1. The molecule has 4 aromatic rings. The van der Waals surface area contributed by atoms with E-state index in [4.69, 9.17) is 20.2 Å². The maximum Gasteiger partial charge on any atom is 0.409 e. The molecule has 1 atom stereocenters.